The minimum atomic E-state index is 0.0300. The molecule has 2 aromatic carbocycles. The second kappa shape index (κ2) is 8.99. The Labute approximate surface area is 165 Å². The zero-order chi connectivity index (χ0) is 19.9. The molecule has 0 unspecified atom stereocenters. The fourth-order valence-corrected chi connectivity index (χ4v) is 2.82. The summed E-state index contributed by atoms with van der Waals surface area (Å²) in [5, 5.41) is 6.51. The maximum absolute atomic E-state index is 11.6. The monoisotopic (exact) mass is 376 g/mol. The fourth-order valence-electron chi connectivity index (χ4n) is 2.82. The van der Waals surface area contributed by atoms with Crippen LogP contribution in [0.1, 0.15) is 28.5 Å². The Kier molecular flexibility index (Phi) is 6.22. The van der Waals surface area contributed by atoms with E-state index in [4.69, 9.17) is 4.74 Å². The van der Waals surface area contributed by atoms with Crippen LogP contribution in [0.5, 0.6) is 5.75 Å². The van der Waals surface area contributed by atoms with Crippen LogP contribution in [0, 0.1) is 6.92 Å². The molecule has 0 radical (unpaired) electrons. The number of ether oxygens (including phenoxy) is 1. The van der Waals surface area contributed by atoms with Crippen molar-refractivity contribution in [1.82, 2.24) is 9.97 Å². The summed E-state index contributed by atoms with van der Waals surface area (Å²) in [5.74, 6) is 2.12. The highest BCUT2D eigenvalue weighted by Gasteiger charge is 2.05. The summed E-state index contributed by atoms with van der Waals surface area (Å²) in [5.41, 5.74) is 3.50. The van der Waals surface area contributed by atoms with Gasteiger partial charge in [-0.15, -0.1) is 0 Å². The summed E-state index contributed by atoms with van der Waals surface area (Å²) < 4.78 is 5.26. The molecule has 0 atom stereocenters. The number of nitrogens with zero attached hydrogens (tertiary/aromatic N) is 2. The minimum absolute atomic E-state index is 0.0300. The summed E-state index contributed by atoms with van der Waals surface area (Å²) in [6.07, 6.45) is 0.831. The van der Waals surface area contributed by atoms with E-state index in [9.17, 15) is 4.79 Å². The van der Waals surface area contributed by atoms with Gasteiger partial charge in [0.25, 0.3) is 0 Å². The van der Waals surface area contributed by atoms with E-state index in [0.29, 0.717) is 23.9 Å². The third kappa shape index (κ3) is 5.30. The van der Waals surface area contributed by atoms with E-state index in [0.717, 1.165) is 23.6 Å². The van der Waals surface area contributed by atoms with E-state index in [1.807, 2.05) is 49.4 Å². The van der Waals surface area contributed by atoms with E-state index >= 15 is 0 Å². The number of anilines is 3. The minimum Gasteiger partial charge on any atom is -0.497 e. The van der Waals surface area contributed by atoms with Crippen LogP contribution in [-0.4, -0.2) is 29.4 Å². The third-order valence-electron chi connectivity index (χ3n) is 4.23. The molecule has 0 saturated heterocycles. The van der Waals surface area contributed by atoms with Crippen LogP contribution in [0.2, 0.25) is 0 Å². The Morgan fingerprint density at radius 1 is 1.07 bits per heavy atom. The number of hydrogen-bond donors (Lipinski definition) is 2. The van der Waals surface area contributed by atoms with Crippen molar-refractivity contribution in [2.24, 2.45) is 0 Å². The molecule has 0 aliphatic rings. The third-order valence-corrected chi connectivity index (χ3v) is 4.23. The second-order valence-corrected chi connectivity index (χ2v) is 6.51. The number of carbonyl (C=O) groups excluding carboxylic acids is 1. The summed E-state index contributed by atoms with van der Waals surface area (Å²) in [6.45, 7) is 4.18. The standard InChI is InChI=1S/C22H24N4O2/c1-15-12-21(25-19-8-5-7-18(14-19)16(2)27)26-22(24-15)23-11-10-17-6-4-9-20(13-17)28-3/h4-9,12-14H,10-11H2,1-3H3,(H2,23,24,25,26). The second-order valence-electron chi connectivity index (χ2n) is 6.51. The Balaban J connectivity index is 1.66. The molecule has 0 spiro atoms. The lowest BCUT2D eigenvalue weighted by Crippen LogP contribution is -2.09. The fraction of sp³-hybridized carbons (Fsp3) is 0.227. The molecule has 0 bridgehead atoms. The van der Waals surface area contributed by atoms with Crippen molar-refractivity contribution in [3.63, 3.8) is 0 Å². The van der Waals surface area contributed by atoms with Crippen molar-refractivity contribution < 1.29 is 9.53 Å². The van der Waals surface area contributed by atoms with Crippen molar-refractivity contribution in [2.45, 2.75) is 20.3 Å². The molecule has 3 rings (SSSR count). The Hall–Kier alpha value is -3.41. The molecule has 6 nitrogen and oxygen atoms in total. The van der Waals surface area contributed by atoms with E-state index in [1.165, 1.54) is 5.56 Å². The van der Waals surface area contributed by atoms with Gasteiger partial charge in [-0.1, -0.05) is 24.3 Å². The zero-order valence-electron chi connectivity index (χ0n) is 16.3. The number of ketones is 1. The number of methoxy groups -OCH3 is 1. The largest absolute Gasteiger partial charge is 0.497 e. The molecule has 28 heavy (non-hydrogen) atoms. The lowest BCUT2D eigenvalue weighted by Gasteiger charge is -2.11. The lowest BCUT2D eigenvalue weighted by molar-refractivity contribution is 0.101. The van der Waals surface area contributed by atoms with Crippen molar-refractivity contribution in [2.75, 3.05) is 24.3 Å². The molecule has 144 valence electrons. The molecule has 0 saturated carbocycles. The van der Waals surface area contributed by atoms with Crippen molar-refractivity contribution >= 4 is 23.2 Å². The van der Waals surface area contributed by atoms with Gasteiger partial charge in [-0.25, -0.2) is 4.98 Å². The van der Waals surface area contributed by atoms with Gasteiger partial charge in [0.05, 0.1) is 7.11 Å². The first-order valence-corrected chi connectivity index (χ1v) is 9.14. The molecular formula is C22H24N4O2. The van der Waals surface area contributed by atoms with E-state index in [1.54, 1.807) is 20.1 Å². The Morgan fingerprint density at radius 3 is 2.68 bits per heavy atom. The van der Waals surface area contributed by atoms with Crippen LogP contribution in [0.3, 0.4) is 0 Å². The molecule has 2 N–H and O–H groups in total. The maximum Gasteiger partial charge on any atom is 0.224 e. The van der Waals surface area contributed by atoms with Crippen LogP contribution in [0.15, 0.2) is 54.6 Å². The average molecular weight is 376 g/mol. The molecule has 0 fully saturated rings. The summed E-state index contributed by atoms with van der Waals surface area (Å²) >= 11 is 0. The molecule has 1 aromatic heterocycles. The van der Waals surface area contributed by atoms with Gasteiger partial charge in [-0.05, 0) is 50.1 Å². The van der Waals surface area contributed by atoms with Gasteiger partial charge in [-0.2, -0.15) is 4.98 Å². The first kappa shape index (κ1) is 19.4. The number of aromatic nitrogens is 2. The van der Waals surface area contributed by atoms with Crippen LogP contribution < -0.4 is 15.4 Å². The average Bonchev–Trinajstić information content (AvgIpc) is 2.68. The van der Waals surface area contributed by atoms with E-state index < -0.39 is 0 Å². The van der Waals surface area contributed by atoms with Crippen LogP contribution in [0.25, 0.3) is 0 Å². The van der Waals surface area contributed by atoms with Crippen LogP contribution >= 0.6 is 0 Å². The van der Waals surface area contributed by atoms with Gasteiger partial charge in [0.1, 0.15) is 11.6 Å². The van der Waals surface area contributed by atoms with Crippen LogP contribution in [-0.2, 0) is 6.42 Å². The molecule has 0 aliphatic heterocycles. The normalized spacial score (nSPS) is 10.4. The molecule has 1 heterocycles. The summed E-state index contributed by atoms with van der Waals surface area (Å²) in [7, 11) is 1.67. The van der Waals surface area contributed by atoms with Crippen LogP contribution in [0.4, 0.5) is 17.5 Å². The molecule has 0 amide bonds. The van der Waals surface area contributed by atoms with Gasteiger partial charge in [0.2, 0.25) is 5.95 Å². The number of aryl methyl sites for hydroxylation is 1. The maximum atomic E-state index is 11.6. The van der Waals surface area contributed by atoms with Crippen molar-refractivity contribution in [3.8, 4) is 5.75 Å². The van der Waals surface area contributed by atoms with Gasteiger partial charge in [0.15, 0.2) is 5.78 Å². The zero-order valence-corrected chi connectivity index (χ0v) is 16.3. The smallest absolute Gasteiger partial charge is 0.224 e. The quantitative estimate of drug-likeness (QED) is 0.568. The first-order valence-electron chi connectivity index (χ1n) is 9.14. The molecule has 3 aromatic rings. The highest BCUT2D eigenvalue weighted by atomic mass is 16.5. The number of rotatable bonds is 8. The van der Waals surface area contributed by atoms with Gasteiger partial charge in [-0.3, -0.25) is 4.79 Å². The number of benzene rings is 2. The topological polar surface area (TPSA) is 76.1 Å². The SMILES string of the molecule is COc1cccc(CCNc2nc(C)cc(Nc3cccc(C(C)=O)c3)n2)c1. The van der Waals surface area contributed by atoms with Gasteiger partial charge in [0, 0.05) is 29.6 Å². The van der Waals surface area contributed by atoms with Gasteiger partial charge < -0.3 is 15.4 Å². The predicted molar refractivity (Wildman–Crippen MR) is 112 cm³/mol. The Morgan fingerprint density at radius 2 is 1.89 bits per heavy atom. The predicted octanol–water partition coefficient (Wildman–Crippen LogP) is 4.39. The number of nitrogens with one attached hydrogen (secondary N) is 2. The molecule has 0 aliphatic carbocycles. The highest BCUT2D eigenvalue weighted by molar-refractivity contribution is 5.95. The summed E-state index contributed by atoms with van der Waals surface area (Å²) in [6, 6.07) is 17.2. The number of Topliss-reactive ketones (excluding diaryl/α,β-unsaturated/α-hetero) is 1. The molecule has 6 heteroatoms. The van der Waals surface area contributed by atoms with E-state index in [-0.39, 0.29) is 5.78 Å². The molecular weight excluding hydrogens is 352 g/mol. The van der Waals surface area contributed by atoms with Gasteiger partial charge >= 0.3 is 0 Å². The van der Waals surface area contributed by atoms with E-state index in [2.05, 4.69) is 26.7 Å². The Bertz CT molecular complexity index is 972. The van der Waals surface area contributed by atoms with Crippen molar-refractivity contribution in [1.29, 1.82) is 0 Å². The number of hydrogen-bond acceptors (Lipinski definition) is 6. The number of carbonyl (C=O) groups is 1. The lowest BCUT2D eigenvalue weighted by atomic mass is 10.1. The highest BCUT2D eigenvalue weighted by Crippen LogP contribution is 2.19. The first-order chi connectivity index (χ1) is 13.5. The summed E-state index contributed by atoms with van der Waals surface area (Å²) in [4.78, 5) is 20.5. The van der Waals surface area contributed by atoms with Crippen molar-refractivity contribution in [3.05, 3.63) is 71.4 Å².